The first-order chi connectivity index (χ1) is 7.36. The first-order valence-corrected chi connectivity index (χ1v) is 5.15. The molecule has 1 aromatic carbocycles. The minimum atomic E-state index is 0.300. The molecule has 1 atom stereocenters. The molecule has 0 fully saturated rings. The zero-order chi connectivity index (χ0) is 10.3. The van der Waals surface area contributed by atoms with Crippen LogP contribution in [0.3, 0.4) is 0 Å². The van der Waals surface area contributed by atoms with Crippen molar-refractivity contribution in [2.24, 2.45) is 7.05 Å². The number of hydrogen-bond donors (Lipinski definition) is 1. The molecule has 15 heavy (non-hydrogen) atoms. The number of nitrogens with zero attached hydrogens (tertiary/aromatic N) is 2. The highest BCUT2D eigenvalue weighted by molar-refractivity contribution is 5.38. The highest BCUT2D eigenvalue weighted by atomic mass is 15.3. The maximum atomic E-state index is 4.21. The molecule has 0 spiro atoms. The summed E-state index contributed by atoms with van der Waals surface area (Å²) in [5, 5.41) is 7.72. The van der Waals surface area contributed by atoms with Crippen LogP contribution in [0.2, 0.25) is 0 Å². The number of aromatic nitrogens is 2. The summed E-state index contributed by atoms with van der Waals surface area (Å²) in [6.07, 6.45) is 1.85. The second-order valence-corrected chi connectivity index (χ2v) is 3.89. The van der Waals surface area contributed by atoms with Crippen molar-refractivity contribution in [1.29, 1.82) is 0 Å². The monoisotopic (exact) mass is 199 g/mol. The minimum Gasteiger partial charge on any atom is -0.301 e. The third-order valence-electron chi connectivity index (χ3n) is 3.02. The third-order valence-corrected chi connectivity index (χ3v) is 3.02. The van der Waals surface area contributed by atoms with E-state index in [-0.39, 0.29) is 0 Å². The van der Waals surface area contributed by atoms with Crippen LogP contribution in [0.5, 0.6) is 0 Å². The Labute approximate surface area is 88.7 Å². The summed E-state index contributed by atoms with van der Waals surface area (Å²) in [6.45, 7) is 0.950. The molecule has 3 rings (SSSR count). The molecule has 2 heterocycles. The Morgan fingerprint density at radius 1 is 1.33 bits per heavy atom. The van der Waals surface area contributed by atoms with Crippen LogP contribution in [-0.2, 0) is 13.6 Å². The number of aryl methyl sites for hydroxylation is 1. The lowest BCUT2D eigenvalue weighted by molar-refractivity contribution is 0.597. The fraction of sp³-hybridized carbons (Fsp3) is 0.250. The number of rotatable bonds is 1. The minimum absolute atomic E-state index is 0.300. The summed E-state index contributed by atoms with van der Waals surface area (Å²) in [6, 6.07) is 10.9. The van der Waals surface area contributed by atoms with E-state index >= 15 is 0 Å². The van der Waals surface area contributed by atoms with Gasteiger partial charge in [-0.2, -0.15) is 5.10 Å². The van der Waals surface area contributed by atoms with E-state index in [0.717, 1.165) is 6.54 Å². The molecule has 0 radical (unpaired) electrons. The Morgan fingerprint density at radius 2 is 2.20 bits per heavy atom. The first kappa shape index (κ1) is 8.68. The van der Waals surface area contributed by atoms with E-state index in [4.69, 9.17) is 0 Å². The van der Waals surface area contributed by atoms with Crippen molar-refractivity contribution in [3.8, 4) is 0 Å². The van der Waals surface area contributed by atoms with Gasteiger partial charge in [-0.3, -0.25) is 4.68 Å². The van der Waals surface area contributed by atoms with E-state index < -0.39 is 0 Å². The summed E-state index contributed by atoms with van der Waals surface area (Å²) in [5.41, 5.74) is 3.99. The molecular weight excluding hydrogens is 186 g/mol. The zero-order valence-corrected chi connectivity index (χ0v) is 8.64. The Kier molecular flexibility index (Phi) is 1.86. The van der Waals surface area contributed by atoms with Gasteiger partial charge >= 0.3 is 0 Å². The van der Waals surface area contributed by atoms with Crippen molar-refractivity contribution in [1.82, 2.24) is 15.1 Å². The van der Waals surface area contributed by atoms with Crippen LogP contribution in [0.4, 0.5) is 0 Å². The smallest absolute Gasteiger partial charge is 0.0753 e. The van der Waals surface area contributed by atoms with E-state index in [1.54, 1.807) is 0 Å². The van der Waals surface area contributed by atoms with Crippen molar-refractivity contribution in [2.75, 3.05) is 0 Å². The van der Waals surface area contributed by atoms with Crippen molar-refractivity contribution < 1.29 is 0 Å². The average molecular weight is 199 g/mol. The van der Waals surface area contributed by atoms with Crippen molar-refractivity contribution in [3.05, 3.63) is 53.3 Å². The molecule has 0 bridgehead atoms. The molecule has 1 aliphatic rings. The van der Waals surface area contributed by atoms with E-state index in [0.29, 0.717) is 6.04 Å². The highest BCUT2D eigenvalue weighted by Gasteiger charge is 2.24. The van der Waals surface area contributed by atoms with Crippen LogP contribution in [-0.4, -0.2) is 9.78 Å². The van der Waals surface area contributed by atoms with Gasteiger partial charge in [0.1, 0.15) is 0 Å². The van der Waals surface area contributed by atoms with Gasteiger partial charge in [-0.15, -0.1) is 0 Å². The summed E-state index contributed by atoms with van der Waals surface area (Å²) >= 11 is 0. The summed E-state index contributed by atoms with van der Waals surface area (Å²) < 4.78 is 1.93. The van der Waals surface area contributed by atoms with Crippen LogP contribution in [0.15, 0.2) is 36.5 Å². The molecule has 0 aliphatic carbocycles. The lowest BCUT2D eigenvalue weighted by atomic mass is 10.0. The molecule has 76 valence electrons. The van der Waals surface area contributed by atoms with Crippen LogP contribution < -0.4 is 5.32 Å². The predicted molar refractivity (Wildman–Crippen MR) is 58.3 cm³/mol. The average Bonchev–Trinajstić information content (AvgIpc) is 2.83. The predicted octanol–water partition coefficient (Wildman–Crippen LogP) is 1.61. The molecule has 1 N–H and O–H groups in total. The van der Waals surface area contributed by atoms with E-state index in [1.807, 2.05) is 17.9 Å². The van der Waals surface area contributed by atoms with Gasteiger partial charge in [0.05, 0.1) is 11.7 Å². The Hall–Kier alpha value is -1.61. The van der Waals surface area contributed by atoms with Crippen LogP contribution in [0.25, 0.3) is 0 Å². The second kappa shape index (κ2) is 3.21. The molecule has 3 heteroatoms. The third kappa shape index (κ3) is 1.27. The highest BCUT2D eigenvalue weighted by Crippen LogP contribution is 2.29. The van der Waals surface area contributed by atoms with E-state index in [2.05, 4.69) is 40.7 Å². The normalized spacial score (nSPS) is 19.1. The molecule has 1 aromatic heterocycles. The fourth-order valence-electron chi connectivity index (χ4n) is 2.23. The van der Waals surface area contributed by atoms with Crippen molar-refractivity contribution in [3.63, 3.8) is 0 Å². The summed E-state index contributed by atoms with van der Waals surface area (Å²) in [4.78, 5) is 0. The largest absolute Gasteiger partial charge is 0.301 e. The van der Waals surface area contributed by atoms with Gasteiger partial charge in [0.25, 0.3) is 0 Å². The van der Waals surface area contributed by atoms with E-state index in [1.165, 1.54) is 16.8 Å². The van der Waals surface area contributed by atoms with Gasteiger partial charge in [-0.05, 0) is 17.2 Å². The fourth-order valence-corrected chi connectivity index (χ4v) is 2.23. The molecule has 0 saturated heterocycles. The van der Waals surface area contributed by atoms with Gasteiger partial charge in [0.15, 0.2) is 0 Å². The molecule has 0 amide bonds. The lowest BCUT2D eigenvalue weighted by Gasteiger charge is -2.12. The Bertz CT molecular complexity index is 487. The maximum absolute atomic E-state index is 4.21. The Balaban J connectivity index is 2.08. The molecular formula is C12H13N3. The zero-order valence-electron chi connectivity index (χ0n) is 8.64. The first-order valence-electron chi connectivity index (χ1n) is 5.15. The van der Waals surface area contributed by atoms with Gasteiger partial charge in [-0.25, -0.2) is 0 Å². The van der Waals surface area contributed by atoms with Crippen LogP contribution >= 0.6 is 0 Å². The summed E-state index contributed by atoms with van der Waals surface area (Å²) in [7, 11) is 1.98. The number of hydrogen-bond acceptors (Lipinski definition) is 2. The lowest BCUT2D eigenvalue weighted by Crippen LogP contribution is -2.16. The van der Waals surface area contributed by atoms with Gasteiger partial charge in [0, 0.05) is 19.8 Å². The van der Waals surface area contributed by atoms with Crippen LogP contribution in [0.1, 0.15) is 22.9 Å². The van der Waals surface area contributed by atoms with Crippen molar-refractivity contribution >= 4 is 0 Å². The molecule has 1 unspecified atom stereocenters. The van der Waals surface area contributed by atoms with Gasteiger partial charge < -0.3 is 5.32 Å². The van der Waals surface area contributed by atoms with E-state index in [9.17, 15) is 0 Å². The SMILES string of the molecule is Cn1nccc1C1NCc2ccccc21. The topological polar surface area (TPSA) is 29.9 Å². The second-order valence-electron chi connectivity index (χ2n) is 3.89. The number of benzene rings is 1. The quantitative estimate of drug-likeness (QED) is 0.756. The summed E-state index contributed by atoms with van der Waals surface area (Å²) in [5.74, 6) is 0. The maximum Gasteiger partial charge on any atom is 0.0753 e. The Morgan fingerprint density at radius 3 is 3.00 bits per heavy atom. The van der Waals surface area contributed by atoms with Crippen LogP contribution in [0, 0.1) is 0 Å². The molecule has 0 saturated carbocycles. The van der Waals surface area contributed by atoms with Gasteiger partial charge in [-0.1, -0.05) is 24.3 Å². The standard InChI is InChI=1S/C12H13N3/c1-15-11(6-7-14-15)12-10-5-3-2-4-9(10)8-13-12/h2-7,12-13H,8H2,1H3. The molecule has 1 aliphatic heterocycles. The number of nitrogens with one attached hydrogen (secondary N) is 1. The molecule has 2 aromatic rings. The van der Waals surface area contributed by atoms with Gasteiger partial charge in [0.2, 0.25) is 0 Å². The number of fused-ring (bicyclic) bond motifs is 1. The molecule has 3 nitrogen and oxygen atoms in total. The van der Waals surface area contributed by atoms with Crippen molar-refractivity contribution in [2.45, 2.75) is 12.6 Å².